The number of nitrogens with two attached hydrogens (primary N) is 1. The van der Waals surface area contributed by atoms with E-state index in [4.69, 9.17) is 5.73 Å². The molecule has 2 fully saturated rings. The highest BCUT2D eigenvalue weighted by atomic mass is 19.4. The summed E-state index contributed by atoms with van der Waals surface area (Å²) in [4.78, 5) is 23.5. The van der Waals surface area contributed by atoms with Crippen molar-refractivity contribution >= 4 is 11.9 Å². The number of nitrogen functional groups attached to an aromatic ring is 1. The number of alkyl halides is 3. The first kappa shape index (κ1) is 21.6. The van der Waals surface area contributed by atoms with Crippen molar-refractivity contribution in [2.45, 2.75) is 57.0 Å². The van der Waals surface area contributed by atoms with E-state index in [1.807, 2.05) is 4.90 Å². The van der Waals surface area contributed by atoms with Gasteiger partial charge in [0.2, 0.25) is 11.9 Å². The summed E-state index contributed by atoms with van der Waals surface area (Å²) in [5.41, 5.74) is 7.13. The Morgan fingerprint density at radius 1 is 1.03 bits per heavy atom. The number of benzene rings is 1. The van der Waals surface area contributed by atoms with Gasteiger partial charge in [-0.3, -0.25) is 4.79 Å². The van der Waals surface area contributed by atoms with Gasteiger partial charge in [-0.25, -0.2) is 9.97 Å². The number of amides is 1. The molecule has 0 unspecified atom stereocenters. The molecule has 1 atom stereocenters. The third-order valence-electron chi connectivity index (χ3n) is 6.43. The Bertz CT molecular complexity index is 923. The zero-order valence-electron chi connectivity index (χ0n) is 17.4. The Kier molecular flexibility index (Phi) is 6.16. The number of rotatable bonds is 3. The minimum absolute atomic E-state index is 0.0242. The molecule has 8 heteroatoms. The van der Waals surface area contributed by atoms with Gasteiger partial charge in [0.05, 0.1) is 11.3 Å². The molecule has 0 radical (unpaired) electrons. The number of piperidine rings is 1. The van der Waals surface area contributed by atoms with Gasteiger partial charge in [-0.1, -0.05) is 31.4 Å². The summed E-state index contributed by atoms with van der Waals surface area (Å²) in [6.07, 6.45) is 4.21. The van der Waals surface area contributed by atoms with E-state index in [1.54, 1.807) is 6.20 Å². The summed E-state index contributed by atoms with van der Waals surface area (Å²) in [5, 5.41) is 0. The molecule has 0 spiro atoms. The van der Waals surface area contributed by atoms with Crippen LogP contribution in [0.1, 0.15) is 62.1 Å². The molecular weight excluding hydrogens is 405 g/mol. The smallest absolute Gasteiger partial charge is 0.368 e. The predicted molar refractivity (Wildman–Crippen MR) is 112 cm³/mol. The highest BCUT2D eigenvalue weighted by Crippen LogP contribution is 2.36. The summed E-state index contributed by atoms with van der Waals surface area (Å²) >= 11 is 0. The molecule has 2 heterocycles. The average molecular weight is 432 g/mol. The van der Waals surface area contributed by atoms with Crippen LogP contribution in [0.2, 0.25) is 0 Å². The highest BCUT2D eigenvalue weighted by Gasteiger charge is 2.33. The van der Waals surface area contributed by atoms with Crippen LogP contribution >= 0.6 is 0 Å². The molecule has 166 valence electrons. The predicted octanol–water partition coefficient (Wildman–Crippen LogP) is 5.03. The van der Waals surface area contributed by atoms with Crippen LogP contribution in [-0.4, -0.2) is 33.9 Å². The van der Waals surface area contributed by atoms with Gasteiger partial charge in [-0.15, -0.1) is 0 Å². The summed E-state index contributed by atoms with van der Waals surface area (Å²) < 4.78 is 38.8. The lowest BCUT2D eigenvalue weighted by molar-refractivity contribution is -0.138. The maximum absolute atomic E-state index is 13.0. The number of anilines is 1. The molecule has 1 aromatic heterocycles. The third-order valence-corrected chi connectivity index (χ3v) is 6.43. The lowest BCUT2D eigenvalue weighted by Gasteiger charge is -2.36. The fraction of sp³-hybridized carbons (Fsp3) is 0.522. The molecule has 5 nitrogen and oxygen atoms in total. The van der Waals surface area contributed by atoms with Crippen LogP contribution in [0.15, 0.2) is 30.5 Å². The molecule has 4 rings (SSSR count). The van der Waals surface area contributed by atoms with E-state index in [1.165, 1.54) is 18.6 Å². The van der Waals surface area contributed by atoms with E-state index in [-0.39, 0.29) is 23.7 Å². The third kappa shape index (κ3) is 4.83. The number of halogens is 3. The van der Waals surface area contributed by atoms with Crippen molar-refractivity contribution < 1.29 is 18.0 Å². The zero-order valence-corrected chi connectivity index (χ0v) is 17.4. The van der Waals surface area contributed by atoms with Crippen molar-refractivity contribution in [2.75, 3.05) is 18.8 Å². The topological polar surface area (TPSA) is 72.1 Å². The number of carbonyl (C=O) groups is 1. The molecule has 1 aromatic carbocycles. The largest absolute Gasteiger partial charge is 0.416 e. The molecule has 0 bridgehead atoms. The maximum Gasteiger partial charge on any atom is 0.416 e. The molecule has 2 N–H and O–H groups in total. The van der Waals surface area contributed by atoms with Crippen molar-refractivity contribution in [2.24, 2.45) is 5.92 Å². The van der Waals surface area contributed by atoms with E-state index >= 15 is 0 Å². The Balaban J connectivity index is 1.59. The Hall–Kier alpha value is -2.64. The standard InChI is InChI=1S/C23H27F3N4O/c24-23(25,26)18-10-8-15(9-11-18)19-13-28-22(27)29-20(19)17-7-4-12-30(14-17)21(31)16-5-2-1-3-6-16/h8-11,13,16-17H,1-7,12,14H2,(H2,27,28,29)/t17-/m1/s1. The summed E-state index contributed by atoms with van der Waals surface area (Å²) in [6.45, 7) is 1.29. The maximum atomic E-state index is 13.0. The molecule has 1 aliphatic heterocycles. The van der Waals surface area contributed by atoms with E-state index < -0.39 is 11.7 Å². The number of hydrogen-bond donors (Lipinski definition) is 1. The fourth-order valence-corrected chi connectivity index (χ4v) is 4.79. The highest BCUT2D eigenvalue weighted by molar-refractivity contribution is 5.79. The quantitative estimate of drug-likeness (QED) is 0.738. The number of nitrogens with zero attached hydrogens (tertiary/aromatic N) is 3. The Morgan fingerprint density at radius 3 is 2.42 bits per heavy atom. The minimum Gasteiger partial charge on any atom is -0.368 e. The number of aromatic nitrogens is 2. The second kappa shape index (κ2) is 8.85. The van der Waals surface area contributed by atoms with Gasteiger partial charge in [0, 0.05) is 36.7 Å². The van der Waals surface area contributed by atoms with Crippen LogP contribution in [-0.2, 0) is 11.0 Å². The van der Waals surface area contributed by atoms with Gasteiger partial charge in [0.25, 0.3) is 0 Å². The van der Waals surface area contributed by atoms with Crippen LogP contribution in [0.3, 0.4) is 0 Å². The van der Waals surface area contributed by atoms with E-state index in [0.717, 1.165) is 57.2 Å². The van der Waals surface area contributed by atoms with Gasteiger partial charge in [-0.05, 0) is 43.4 Å². The van der Waals surface area contributed by atoms with Crippen LogP contribution in [0.4, 0.5) is 19.1 Å². The van der Waals surface area contributed by atoms with Crippen molar-refractivity contribution in [3.05, 3.63) is 41.7 Å². The second-order valence-electron chi connectivity index (χ2n) is 8.56. The van der Waals surface area contributed by atoms with Crippen molar-refractivity contribution in [1.29, 1.82) is 0 Å². The minimum atomic E-state index is -4.39. The summed E-state index contributed by atoms with van der Waals surface area (Å²) in [5.74, 6) is 0.435. The van der Waals surface area contributed by atoms with Crippen LogP contribution in [0.5, 0.6) is 0 Å². The van der Waals surface area contributed by atoms with Gasteiger partial charge in [0.15, 0.2) is 0 Å². The number of carbonyl (C=O) groups excluding carboxylic acids is 1. The van der Waals surface area contributed by atoms with E-state index in [0.29, 0.717) is 23.4 Å². The van der Waals surface area contributed by atoms with Crippen LogP contribution in [0, 0.1) is 5.92 Å². The average Bonchev–Trinajstić information content (AvgIpc) is 2.79. The number of hydrogen-bond acceptors (Lipinski definition) is 4. The number of likely N-dealkylation sites (tertiary alicyclic amines) is 1. The Labute approximate surface area is 179 Å². The molecule has 1 saturated heterocycles. The van der Waals surface area contributed by atoms with Gasteiger partial charge in [-0.2, -0.15) is 13.2 Å². The first-order valence-corrected chi connectivity index (χ1v) is 10.9. The lowest BCUT2D eigenvalue weighted by Crippen LogP contribution is -2.43. The lowest BCUT2D eigenvalue weighted by atomic mass is 9.86. The van der Waals surface area contributed by atoms with Gasteiger partial charge < -0.3 is 10.6 Å². The van der Waals surface area contributed by atoms with Gasteiger partial charge in [0.1, 0.15) is 0 Å². The van der Waals surface area contributed by atoms with E-state index in [2.05, 4.69) is 9.97 Å². The molecule has 1 aliphatic carbocycles. The van der Waals surface area contributed by atoms with Crippen molar-refractivity contribution in [3.63, 3.8) is 0 Å². The normalized spacial score (nSPS) is 20.6. The van der Waals surface area contributed by atoms with Crippen molar-refractivity contribution in [1.82, 2.24) is 14.9 Å². The first-order valence-electron chi connectivity index (χ1n) is 10.9. The molecular formula is C23H27F3N4O. The molecule has 1 amide bonds. The summed E-state index contributed by atoms with van der Waals surface area (Å²) in [7, 11) is 0. The summed E-state index contributed by atoms with van der Waals surface area (Å²) in [6, 6.07) is 5.01. The first-order chi connectivity index (χ1) is 14.8. The Morgan fingerprint density at radius 2 is 1.74 bits per heavy atom. The van der Waals surface area contributed by atoms with E-state index in [9.17, 15) is 18.0 Å². The molecule has 2 aliphatic rings. The monoisotopic (exact) mass is 432 g/mol. The SMILES string of the molecule is Nc1ncc(-c2ccc(C(F)(F)F)cc2)c([C@@H]2CCCN(C(=O)C3CCCCC3)C2)n1. The van der Waals surface area contributed by atoms with Crippen LogP contribution < -0.4 is 5.73 Å². The van der Waals surface area contributed by atoms with Crippen LogP contribution in [0.25, 0.3) is 11.1 Å². The fourth-order valence-electron chi connectivity index (χ4n) is 4.79. The zero-order chi connectivity index (χ0) is 22.0. The van der Waals surface area contributed by atoms with Gasteiger partial charge >= 0.3 is 6.18 Å². The molecule has 2 aromatic rings. The second-order valence-corrected chi connectivity index (χ2v) is 8.56. The molecule has 31 heavy (non-hydrogen) atoms. The molecule has 1 saturated carbocycles. The van der Waals surface area contributed by atoms with Crippen molar-refractivity contribution in [3.8, 4) is 11.1 Å².